The molecule has 0 amide bonds. The molecule has 0 aromatic rings. The first-order valence-electron chi connectivity index (χ1n) is 4.64. The van der Waals surface area contributed by atoms with Crippen LogP contribution in [0.2, 0.25) is 0 Å². The molecule has 0 aliphatic carbocycles. The molecule has 0 aromatic heterocycles. The Balaban J connectivity index is 3.21. The Morgan fingerprint density at radius 1 is 1.50 bits per heavy atom. The van der Waals surface area contributed by atoms with Crippen LogP contribution in [0.15, 0.2) is 12.2 Å². The van der Waals surface area contributed by atoms with Crippen molar-refractivity contribution in [1.29, 1.82) is 0 Å². The highest BCUT2D eigenvalue weighted by atomic mass is 16.5. The van der Waals surface area contributed by atoms with E-state index in [1.54, 1.807) is 0 Å². The zero-order valence-corrected chi connectivity index (χ0v) is 8.31. The second kappa shape index (κ2) is 7.32. The molecule has 0 spiro atoms. The zero-order chi connectivity index (χ0) is 9.40. The van der Waals surface area contributed by atoms with E-state index in [-0.39, 0.29) is 6.04 Å². The molecular weight excluding hydrogens is 150 g/mol. The lowest BCUT2D eigenvalue weighted by Crippen LogP contribution is -2.21. The first kappa shape index (κ1) is 11.7. The lowest BCUT2D eigenvalue weighted by Gasteiger charge is -2.10. The number of rotatable bonds is 7. The third-order valence-electron chi connectivity index (χ3n) is 1.78. The van der Waals surface area contributed by atoms with E-state index in [1.165, 1.54) is 5.57 Å². The van der Waals surface area contributed by atoms with E-state index in [0.717, 1.165) is 32.5 Å². The topological polar surface area (TPSA) is 35.2 Å². The number of hydrogen-bond donors (Lipinski definition) is 1. The van der Waals surface area contributed by atoms with Crippen LogP contribution in [0.1, 0.15) is 33.1 Å². The average Bonchev–Trinajstić information content (AvgIpc) is 2.01. The van der Waals surface area contributed by atoms with Gasteiger partial charge in [0, 0.05) is 19.3 Å². The van der Waals surface area contributed by atoms with Crippen LogP contribution in [0.25, 0.3) is 0 Å². The first-order chi connectivity index (χ1) is 5.66. The van der Waals surface area contributed by atoms with Gasteiger partial charge in [0.25, 0.3) is 0 Å². The van der Waals surface area contributed by atoms with Crippen molar-refractivity contribution in [2.75, 3.05) is 13.2 Å². The minimum Gasteiger partial charge on any atom is -0.382 e. The van der Waals surface area contributed by atoms with Gasteiger partial charge in [-0.1, -0.05) is 5.57 Å². The van der Waals surface area contributed by atoms with Crippen LogP contribution in [0.3, 0.4) is 0 Å². The van der Waals surface area contributed by atoms with Crippen molar-refractivity contribution >= 4 is 0 Å². The van der Waals surface area contributed by atoms with E-state index in [9.17, 15) is 0 Å². The molecule has 12 heavy (non-hydrogen) atoms. The predicted molar refractivity (Wildman–Crippen MR) is 53.1 cm³/mol. The molecule has 0 heterocycles. The Morgan fingerprint density at radius 2 is 2.17 bits per heavy atom. The summed E-state index contributed by atoms with van der Waals surface area (Å²) in [5, 5.41) is 0. The highest BCUT2D eigenvalue weighted by molar-refractivity contribution is 4.88. The van der Waals surface area contributed by atoms with Crippen LogP contribution < -0.4 is 5.73 Å². The first-order valence-corrected chi connectivity index (χ1v) is 4.64. The Kier molecular flexibility index (Phi) is 7.11. The maximum atomic E-state index is 5.84. The summed E-state index contributed by atoms with van der Waals surface area (Å²) in [4.78, 5) is 0. The second-order valence-electron chi connectivity index (χ2n) is 3.24. The van der Waals surface area contributed by atoms with Crippen LogP contribution in [0.5, 0.6) is 0 Å². The third kappa shape index (κ3) is 7.76. The molecule has 0 bridgehead atoms. The van der Waals surface area contributed by atoms with Crippen LogP contribution in [-0.2, 0) is 4.74 Å². The summed E-state index contributed by atoms with van der Waals surface area (Å²) in [5.41, 5.74) is 7.05. The number of ether oxygens (including phenoxy) is 1. The van der Waals surface area contributed by atoms with E-state index in [4.69, 9.17) is 10.5 Å². The van der Waals surface area contributed by atoms with Gasteiger partial charge >= 0.3 is 0 Å². The molecule has 0 aliphatic rings. The van der Waals surface area contributed by atoms with Gasteiger partial charge in [-0.05, 0) is 33.1 Å². The van der Waals surface area contributed by atoms with Crippen LogP contribution >= 0.6 is 0 Å². The highest BCUT2D eigenvalue weighted by Crippen LogP contribution is 2.05. The normalized spacial score (nSPS) is 12.9. The van der Waals surface area contributed by atoms with Gasteiger partial charge < -0.3 is 10.5 Å². The van der Waals surface area contributed by atoms with Crippen molar-refractivity contribution in [3.05, 3.63) is 12.2 Å². The zero-order valence-electron chi connectivity index (χ0n) is 8.31. The molecule has 72 valence electrons. The van der Waals surface area contributed by atoms with Crippen molar-refractivity contribution in [3.63, 3.8) is 0 Å². The summed E-state index contributed by atoms with van der Waals surface area (Å²) in [6.07, 6.45) is 3.02. The van der Waals surface area contributed by atoms with Gasteiger partial charge in [0.1, 0.15) is 0 Å². The van der Waals surface area contributed by atoms with E-state index < -0.39 is 0 Å². The smallest absolute Gasteiger partial charge is 0.0480 e. The van der Waals surface area contributed by atoms with E-state index >= 15 is 0 Å². The van der Waals surface area contributed by atoms with Crippen molar-refractivity contribution in [1.82, 2.24) is 0 Å². The summed E-state index contributed by atoms with van der Waals surface area (Å²) in [7, 11) is 0. The van der Waals surface area contributed by atoms with Crippen molar-refractivity contribution < 1.29 is 4.74 Å². The standard InChI is InChI=1S/C10H21NO/c1-4-12-8-7-10(11)6-5-9(2)3/h10H,2,4-8,11H2,1,3H3. The molecule has 1 atom stereocenters. The maximum Gasteiger partial charge on any atom is 0.0480 e. The highest BCUT2D eigenvalue weighted by Gasteiger charge is 2.01. The van der Waals surface area contributed by atoms with E-state index in [2.05, 4.69) is 6.58 Å². The Morgan fingerprint density at radius 3 is 2.67 bits per heavy atom. The van der Waals surface area contributed by atoms with Crippen LogP contribution in [-0.4, -0.2) is 19.3 Å². The van der Waals surface area contributed by atoms with Crippen molar-refractivity contribution in [2.24, 2.45) is 5.73 Å². The predicted octanol–water partition coefficient (Wildman–Crippen LogP) is 2.10. The Bertz CT molecular complexity index is 123. The van der Waals surface area contributed by atoms with E-state index in [1.807, 2.05) is 13.8 Å². The molecule has 0 radical (unpaired) electrons. The molecule has 0 saturated carbocycles. The lowest BCUT2D eigenvalue weighted by molar-refractivity contribution is 0.139. The Labute approximate surface area is 75.8 Å². The monoisotopic (exact) mass is 171 g/mol. The summed E-state index contributed by atoms with van der Waals surface area (Å²) >= 11 is 0. The number of nitrogens with two attached hydrogens (primary N) is 1. The van der Waals surface area contributed by atoms with Gasteiger partial charge in [0.2, 0.25) is 0 Å². The van der Waals surface area contributed by atoms with Gasteiger partial charge in [-0.3, -0.25) is 0 Å². The minimum absolute atomic E-state index is 0.272. The summed E-state index contributed by atoms with van der Waals surface area (Å²) in [5.74, 6) is 0. The fraction of sp³-hybridized carbons (Fsp3) is 0.800. The van der Waals surface area contributed by atoms with Crippen molar-refractivity contribution in [3.8, 4) is 0 Å². The summed E-state index contributed by atoms with van der Waals surface area (Å²) < 4.78 is 5.21. The fourth-order valence-corrected chi connectivity index (χ4v) is 0.955. The number of allylic oxidation sites excluding steroid dienone is 1. The van der Waals surface area contributed by atoms with Crippen molar-refractivity contribution in [2.45, 2.75) is 39.2 Å². The molecule has 0 aliphatic heterocycles. The fourth-order valence-electron chi connectivity index (χ4n) is 0.955. The SMILES string of the molecule is C=C(C)CCC(N)CCOCC. The molecule has 0 aromatic carbocycles. The van der Waals surface area contributed by atoms with Crippen LogP contribution in [0, 0.1) is 0 Å². The lowest BCUT2D eigenvalue weighted by atomic mass is 10.1. The quantitative estimate of drug-likeness (QED) is 0.470. The molecular formula is C10H21NO. The minimum atomic E-state index is 0.272. The molecule has 0 fully saturated rings. The van der Waals surface area contributed by atoms with E-state index in [0.29, 0.717) is 0 Å². The molecule has 0 saturated heterocycles. The van der Waals surface area contributed by atoms with Gasteiger partial charge in [0.05, 0.1) is 0 Å². The van der Waals surface area contributed by atoms with Gasteiger partial charge in [-0.25, -0.2) is 0 Å². The average molecular weight is 171 g/mol. The Hall–Kier alpha value is -0.340. The van der Waals surface area contributed by atoms with Gasteiger partial charge in [-0.15, -0.1) is 6.58 Å². The maximum absolute atomic E-state index is 5.84. The second-order valence-corrected chi connectivity index (χ2v) is 3.24. The summed E-state index contributed by atoms with van der Waals surface area (Å²) in [6.45, 7) is 9.44. The molecule has 2 nitrogen and oxygen atoms in total. The molecule has 2 N–H and O–H groups in total. The third-order valence-corrected chi connectivity index (χ3v) is 1.78. The van der Waals surface area contributed by atoms with Crippen LogP contribution in [0.4, 0.5) is 0 Å². The number of hydrogen-bond acceptors (Lipinski definition) is 2. The van der Waals surface area contributed by atoms with Gasteiger partial charge in [-0.2, -0.15) is 0 Å². The molecule has 2 heteroatoms. The summed E-state index contributed by atoms with van der Waals surface area (Å²) in [6, 6.07) is 0.272. The largest absolute Gasteiger partial charge is 0.382 e. The molecule has 0 rings (SSSR count). The van der Waals surface area contributed by atoms with Gasteiger partial charge in [0.15, 0.2) is 0 Å². The molecule has 1 unspecified atom stereocenters.